The van der Waals surface area contributed by atoms with Gasteiger partial charge in [-0.1, -0.05) is 23.2 Å². The quantitative estimate of drug-likeness (QED) is 0.686. The molecule has 0 aromatic carbocycles. The van der Waals surface area contributed by atoms with Gasteiger partial charge in [0.2, 0.25) is 0 Å². The highest BCUT2D eigenvalue weighted by atomic mass is 35.5. The van der Waals surface area contributed by atoms with Gasteiger partial charge in [-0.2, -0.15) is 0 Å². The van der Waals surface area contributed by atoms with Crippen molar-refractivity contribution in [3.63, 3.8) is 0 Å². The SMILES string of the molecule is CS(=O)(=O)c1cc(Cl)nc(Cl)c1. The molecule has 0 aliphatic rings. The number of pyridine rings is 1. The summed E-state index contributed by atoms with van der Waals surface area (Å²) in [5.74, 6) is 0. The Labute approximate surface area is 80.2 Å². The van der Waals surface area contributed by atoms with Gasteiger partial charge in [0.1, 0.15) is 10.3 Å². The zero-order chi connectivity index (χ0) is 9.35. The van der Waals surface area contributed by atoms with E-state index in [0.717, 1.165) is 6.26 Å². The smallest absolute Gasteiger partial charge is 0.175 e. The number of sulfone groups is 1. The van der Waals surface area contributed by atoms with Crippen molar-refractivity contribution in [2.45, 2.75) is 4.90 Å². The number of hydrogen-bond donors (Lipinski definition) is 0. The third-order valence-corrected chi connectivity index (χ3v) is 2.64. The molecule has 1 rings (SSSR count). The normalized spacial score (nSPS) is 11.6. The van der Waals surface area contributed by atoms with E-state index in [1.165, 1.54) is 12.1 Å². The van der Waals surface area contributed by atoms with E-state index in [-0.39, 0.29) is 15.2 Å². The molecule has 6 heteroatoms. The molecule has 0 amide bonds. The first-order valence-electron chi connectivity index (χ1n) is 2.93. The summed E-state index contributed by atoms with van der Waals surface area (Å²) in [4.78, 5) is 3.69. The maximum Gasteiger partial charge on any atom is 0.175 e. The second kappa shape index (κ2) is 3.20. The Morgan fingerprint density at radius 3 is 2.00 bits per heavy atom. The van der Waals surface area contributed by atoms with Crippen LogP contribution in [0.2, 0.25) is 10.3 Å². The fourth-order valence-corrected chi connectivity index (χ4v) is 1.90. The van der Waals surface area contributed by atoms with Crippen LogP contribution in [0.1, 0.15) is 0 Å². The highest BCUT2D eigenvalue weighted by Gasteiger charge is 2.09. The molecule has 0 aliphatic heterocycles. The van der Waals surface area contributed by atoms with Gasteiger partial charge in [-0.3, -0.25) is 0 Å². The molecule has 0 aliphatic carbocycles. The third-order valence-electron chi connectivity index (χ3n) is 1.16. The van der Waals surface area contributed by atoms with Crippen LogP contribution in [0.15, 0.2) is 17.0 Å². The monoisotopic (exact) mass is 225 g/mol. The van der Waals surface area contributed by atoms with Gasteiger partial charge in [0.25, 0.3) is 0 Å². The minimum atomic E-state index is -3.26. The average molecular weight is 226 g/mol. The predicted octanol–water partition coefficient (Wildman–Crippen LogP) is 1.79. The van der Waals surface area contributed by atoms with E-state index >= 15 is 0 Å². The van der Waals surface area contributed by atoms with Crippen molar-refractivity contribution in [3.05, 3.63) is 22.4 Å². The van der Waals surface area contributed by atoms with Gasteiger partial charge in [0, 0.05) is 6.26 Å². The lowest BCUT2D eigenvalue weighted by atomic mass is 10.5. The van der Waals surface area contributed by atoms with Crippen molar-refractivity contribution < 1.29 is 8.42 Å². The molecular weight excluding hydrogens is 221 g/mol. The van der Waals surface area contributed by atoms with E-state index in [0.29, 0.717) is 0 Å². The molecule has 1 heterocycles. The summed E-state index contributed by atoms with van der Waals surface area (Å²) in [6.07, 6.45) is 1.08. The summed E-state index contributed by atoms with van der Waals surface area (Å²) in [7, 11) is -3.26. The molecule has 1 aromatic rings. The van der Waals surface area contributed by atoms with E-state index in [9.17, 15) is 8.42 Å². The highest BCUT2D eigenvalue weighted by Crippen LogP contribution is 2.18. The Bertz CT molecular complexity index is 382. The minimum absolute atomic E-state index is 0.0722. The number of rotatable bonds is 1. The van der Waals surface area contributed by atoms with E-state index in [2.05, 4.69) is 4.98 Å². The molecule has 66 valence electrons. The van der Waals surface area contributed by atoms with Gasteiger partial charge < -0.3 is 0 Å². The molecule has 0 unspecified atom stereocenters. The van der Waals surface area contributed by atoms with Crippen LogP contribution >= 0.6 is 23.2 Å². The summed E-state index contributed by atoms with van der Waals surface area (Å²) in [6.45, 7) is 0. The standard InChI is InChI=1S/C6H5Cl2NO2S/c1-12(10,11)4-2-5(7)9-6(8)3-4/h2-3H,1H3. The number of hydrogen-bond acceptors (Lipinski definition) is 3. The van der Waals surface area contributed by atoms with Crippen molar-refractivity contribution >= 4 is 33.0 Å². The van der Waals surface area contributed by atoms with Gasteiger partial charge >= 0.3 is 0 Å². The highest BCUT2D eigenvalue weighted by molar-refractivity contribution is 7.90. The largest absolute Gasteiger partial charge is 0.224 e. The van der Waals surface area contributed by atoms with Gasteiger partial charge in [-0.15, -0.1) is 0 Å². The minimum Gasteiger partial charge on any atom is -0.224 e. The number of nitrogens with zero attached hydrogens (tertiary/aromatic N) is 1. The average Bonchev–Trinajstić information content (AvgIpc) is 1.82. The lowest BCUT2D eigenvalue weighted by Crippen LogP contribution is -1.97. The summed E-state index contributed by atoms with van der Waals surface area (Å²) in [5.41, 5.74) is 0. The van der Waals surface area contributed by atoms with Crippen molar-refractivity contribution in [1.29, 1.82) is 0 Å². The zero-order valence-corrected chi connectivity index (χ0v) is 8.41. The first-order chi connectivity index (χ1) is 5.39. The number of aromatic nitrogens is 1. The van der Waals surface area contributed by atoms with Crippen molar-refractivity contribution in [2.24, 2.45) is 0 Å². The van der Waals surface area contributed by atoms with Gasteiger partial charge in [0.15, 0.2) is 9.84 Å². The van der Waals surface area contributed by atoms with Crippen LogP contribution in [0.3, 0.4) is 0 Å². The van der Waals surface area contributed by atoms with Gasteiger partial charge in [0.05, 0.1) is 4.90 Å². The van der Waals surface area contributed by atoms with Crippen molar-refractivity contribution in [1.82, 2.24) is 4.98 Å². The summed E-state index contributed by atoms with van der Waals surface area (Å²) < 4.78 is 22.0. The molecule has 0 radical (unpaired) electrons. The zero-order valence-electron chi connectivity index (χ0n) is 6.08. The maximum absolute atomic E-state index is 11.0. The number of halogens is 2. The molecule has 0 saturated heterocycles. The van der Waals surface area contributed by atoms with E-state index in [1.54, 1.807) is 0 Å². The third kappa shape index (κ3) is 2.33. The van der Waals surface area contributed by atoms with Crippen molar-refractivity contribution in [3.8, 4) is 0 Å². The molecule has 3 nitrogen and oxygen atoms in total. The Morgan fingerprint density at radius 2 is 1.67 bits per heavy atom. The van der Waals surface area contributed by atoms with E-state index < -0.39 is 9.84 Å². The Kier molecular flexibility index (Phi) is 2.61. The molecule has 0 fully saturated rings. The van der Waals surface area contributed by atoms with Crippen LogP contribution in [0.25, 0.3) is 0 Å². The molecule has 0 saturated carbocycles. The Balaban J connectivity index is 3.37. The predicted molar refractivity (Wildman–Crippen MR) is 47.4 cm³/mol. The lowest BCUT2D eigenvalue weighted by Gasteiger charge is -1.98. The first-order valence-corrected chi connectivity index (χ1v) is 5.57. The van der Waals surface area contributed by atoms with E-state index in [1.807, 2.05) is 0 Å². The fourth-order valence-electron chi connectivity index (χ4n) is 0.657. The van der Waals surface area contributed by atoms with Crippen molar-refractivity contribution in [2.75, 3.05) is 6.26 Å². The summed E-state index contributed by atoms with van der Waals surface area (Å²) in [5, 5.41) is 0.144. The lowest BCUT2D eigenvalue weighted by molar-refractivity contribution is 0.601. The van der Waals surface area contributed by atoms with Gasteiger partial charge in [-0.05, 0) is 12.1 Å². The molecule has 0 atom stereocenters. The second-order valence-electron chi connectivity index (χ2n) is 2.22. The Hall–Kier alpha value is -0.320. The van der Waals surface area contributed by atoms with Crippen LogP contribution in [-0.2, 0) is 9.84 Å². The Morgan fingerprint density at radius 1 is 1.25 bits per heavy atom. The fraction of sp³-hybridized carbons (Fsp3) is 0.167. The van der Waals surface area contributed by atoms with Crippen LogP contribution in [-0.4, -0.2) is 19.7 Å². The summed E-state index contributed by atoms with van der Waals surface area (Å²) >= 11 is 11.0. The molecular formula is C6H5Cl2NO2S. The van der Waals surface area contributed by atoms with Gasteiger partial charge in [-0.25, -0.2) is 13.4 Å². The summed E-state index contributed by atoms with van der Waals surface area (Å²) in [6, 6.07) is 2.51. The second-order valence-corrected chi connectivity index (χ2v) is 5.01. The topological polar surface area (TPSA) is 47.0 Å². The molecule has 1 aromatic heterocycles. The van der Waals surface area contributed by atoms with Crippen LogP contribution in [0, 0.1) is 0 Å². The molecule has 0 spiro atoms. The van der Waals surface area contributed by atoms with Crippen LogP contribution < -0.4 is 0 Å². The molecule has 0 bridgehead atoms. The first kappa shape index (κ1) is 9.77. The molecule has 0 N–H and O–H groups in total. The van der Waals surface area contributed by atoms with E-state index in [4.69, 9.17) is 23.2 Å². The van der Waals surface area contributed by atoms with Crippen LogP contribution in [0.5, 0.6) is 0 Å². The maximum atomic E-state index is 11.0. The molecule has 12 heavy (non-hydrogen) atoms. The van der Waals surface area contributed by atoms with Crippen LogP contribution in [0.4, 0.5) is 0 Å².